The van der Waals surface area contributed by atoms with Crippen LogP contribution in [0.3, 0.4) is 0 Å². The van der Waals surface area contributed by atoms with Crippen LogP contribution in [0, 0.1) is 5.92 Å². The summed E-state index contributed by atoms with van der Waals surface area (Å²) in [4.78, 5) is 10.5. The quantitative estimate of drug-likeness (QED) is 0.654. The number of carbonyl (C=O) groups is 1. The predicted molar refractivity (Wildman–Crippen MR) is 39.2 cm³/mol. The Morgan fingerprint density at radius 1 is 1.64 bits per heavy atom. The average molecular weight is 154 g/mol. The minimum absolute atomic E-state index is 0.146. The Labute approximate surface area is 64.6 Å². The van der Waals surface area contributed by atoms with Crippen LogP contribution in [-0.4, -0.2) is 17.6 Å². The van der Waals surface area contributed by atoms with E-state index in [1.165, 1.54) is 0 Å². The number of carboxylic acid groups (broad SMARTS) is 1. The van der Waals surface area contributed by atoms with Crippen molar-refractivity contribution in [3.8, 4) is 0 Å². The second kappa shape index (κ2) is 2.82. The van der Waals surface area contributed by atoms with Crippen LogP contribution in [0.25, 0.3) is 0 Å². The fourth-order valence-corrected chi connectivity index (χ4v) is 0.965. The Kier molecular flexibility index (Phi) is 2.03. The summed E-state index contributed by atoms with van der Waals surface area (Å²) in [6, 6.07) is 0. The van der Waals surface area contributed by atoms with Gasteiger partial charge in [-0.2, -0.15) is 10.2 Å². The molecule has 0 atom stereocenters. The first-order valence-corrected chi connectivity index (χ1v) is 3.46. The molecule has 0 spiro atoms. The maximum Gasteiger partial charge on any atom is 0.335 e. The third-order valence-corrected chi connectivity index (χ3v) is 1.52. The van der Waals surface area contributed by atoms with E-state index < -0.39 is 5.97 Å². The number of azo groups is 1. The van der Waals surface area contributed by atoms with Crippen LogP contribution < -0.4 is 0 Å². The van der Waals surface area contributed by atoms with Crippen molar-refractivity contribution in [2.75, 3.05) is 6.54 Å². The van der Waals surface area contributed by atoms with Gasteiger partial charge in [-0.3, -0.25) is 0 Å². The van der Waals surface area contributed by atoms with Crippen LogP contribution in [0.15, 0.2) is 21.5 Å². The first-order chi connectivity index (χ1) is 5.13. The standard InChI is InChI=1S/C7H10N2O2/c1-4(2)6-5(7(10)11)3-8-9-6/h4H,3H2,1-2H3,(H,10,11). The van der Waals surface area contributed by atoms with E-state index in [2.05, 4.69) is 10.2 Å². The van der Waals surface area contributed by atoms with E-state index in [0.29, 0.717) is 11.3 Å². The van der Waals surface area contributed by atoms with Crippen molar-refractivity contribution < 1.29 is 9.90 Å². The minimum atomic E-state index is -0.904. The van der Waals surface area contributed by atoms with Gasteiger partial charge < -0.3 is 5.11 Å². The van der Waals surface area contributed by atoms with Gasteiger partial charge >= 0.3 is 5.97 Å². The van der Waals surface area contributed by atoms with E-state index in [-0.39, 0.29) is 12.5 Å². The molecular weight excluding hydrogens is 144 g/mol. The minimum Gasteiger partial charge on any atom is -0.478 e. The first-order valence-electron chi connectivity index (χ1n) is 3.46. The molecule has 0 fully saturated rings. The van der Waals surface area contributed by atoms with Gasteiger partial charge in [0, 0.05) is 0 Å². The summed E-state index contributed by atoms with van der Waals surface area (Å²) in [5.41, 5.74) is 0.942. The van der Waals surface area contributed by atoms with Crippen molar-refractivity contribution in [1.82, 2.24) is 0 Å². The Balaban J connectivity index is 2.93. The molecular formula is C7H10N2O2. The summed E-state index contributed by atoms with van der Waals surface area (Å²) in [6.45, 7) is 4.04. The van der Waals surface area contributed by atoms with E-state index in [1.807, 2.05) is 13.8 Å². The molecule has 0 saturated carbocycles. The Hall–Kier alpha value is -1.19. The van der Waals surface area contributed by atoms with Crippen LogP contribution in [0.5, 0.6) is 0 Å². The normalized spacial score (nSPS) is 16.6. The number of allylic oxidation sites excluding steroid dienone is 1. The van der Waals surface area contributed by atoms with Crippen LogP contribution in [0.1, 0.15) is 13.8 Å². The van der Waals surface area contributed by atoms with Crippen molar-refractivity contribution in [3.63, 3.8) is 0 Å². The van der Waals surface area contributed by atoms with Gasteiger partial charge in [-0.1, -0.05) is 13.8 Å². The summed E-state index contributed by atoms with van der Waals surface area (Å²) in [6.07, 6.45) is 0. The van der Waals surface area contributed by atoms with Gasteiger partial charge in [0.05, 0.1) is 17.8 Å². The molecule has 0 radical (unpaired) electrons. The van der Waals surface area contributed by atoms with Gasteiger partial charge in [0.2, 0.25) is 0 Å². The lowest BCUT2D eigenvalue weighted by atomic mass is 10.1. The second-order valence-corrected chi connectivity index (χ2v) is 2.72. The third kappa shape index (κ3) is 1.45. The molecule has 4 heteroatoms. The third-order valence-electron chi connectivity index (χ3n) is 1.52. The highest BCUT2D eigenvalue weighted by Gasteiger charge is 2.20. The average Bonchev–Trinajstić information content (AvgIpc) is 2.32. The van der Waals surface area contributed by atoms with E-state index >= 15 is 0 Å². The van der Waals surface area contributed by atoms with Crippen molar-refractivity contribution in [2.45, 2.75) is 13.8 Å². The second-order valence-electron chi connectivity index (χ2n) is 2.72. The van der Waals surface area contributed by atoms with Crippen LogP contribution in [-0.2, 0) is 4.79 Å². The monoisotopic (exact) mass is 154 g/mol. The van der Waals surface area contributed by atoms with Crippen LogP contribution in [0.4, 0.5) is 0 Å². The van der Waals surface area contributed by atoms with Gasteiger partial charge in [-0.05, 0) is 5.92 Å². The zero-order chi connectivity index (χ0) is 8.43. The predicted octanol–water partition coefficient (Wildman–Crippen LogP) is 1.45. The molecule has 1 heterocycles. The molecule has 0 aromatic heterocycles. The SMILES string of the molecule is CC(C)C1=C(C(=O)O)CN=N1. The molecule has 0 amide bonds. The van der Waals surface area contributed by atoms with Gasteiger partial charge in [0.1, 0.15) is 0 Å². The highest BCUT2D eigenvalue weighted by molar-refractivity contribution is 5.88. The summed E-state index contributed by atoms with van der Waals surface area (Å²) in [5.74, 6) is -0.758. The lowest BCUT2D eigenvalue weighted by Gasteiger charge is -2.01. The lowest BCUT2D eigenvalue weighted by Crippen LogP contribution is -2.06. The number of aliphatic carboxylic acids is 1. The summed E-state index contributed by atoms with van der Waals surface area (Å²) >= 11 is 0. The van der Waals surface area contributed by atoms with Crippen molar-refractivity contribution in [2.24, 2.45) is 16.1 Å². The molecule has 0 aromatic rings. The molecule has 0 bridgehead atoms. The molecule has 1 N–H and O–H groups in total. The fraction of sp³-hybridized carbons (Fsp3) is 0.571. The Bertz CT molecular complexity index is 241. The zero-order valence-electron chi connectivity index (χ0n) is 6.53. The number of rotatable bonds is 2. The lowest BCUT2D eigenvalue weighted by molar-refractivity contribution is -0.132. The van der Waals surface area contributed by atoms with E-state index in [1.54, 1.807) is 0 Å². The number of hydrogen-bond acceptors (Lipinski definition) is 3. The van der Waals surface area contributed by atoms with E-state index in [9.17, 15) is 4.79 Å². The molecule has 0 aromatic carbocycles. The van der Waals surface area contributed by atoms with Gasteiger partial charge in [-0.25, -0.2) is 4.79 Å². The highest BCUT2D eigenvalue weighted by atomic mass is 16.4. The maximum absolute atomic E-state index is 10.5. The largest absolute Gasteiger partial charge is 0.478 e. The molecule has 1 rings (SSSR count). The number of nitrogens with zero attached hydrogens (tertiary/aromatic N) is 2. The first kappa shape index (κ1) is 7.91. The molecule has 0 unspecified atom stereocenters. The number of hydrogen-bond donors (Lipinski definition) is 1. The molecule has 60 valence electrons. The van der Waals surface area contributed by atoms with E-state index in [0.717, 1.165) is 0 Å². The van der Waals surface area contributed by atoms with Gasteiger partial charge in [0.15, 0.2) is 0 Å². The highest BCUT2D eigenvalue weighted by Crippen LogP contribution is 2.22. The van der Waals surface area contributed by atoms with E-state index in [4.69, 9.17) is 5.11 Å². The molecule has 1 aliphatic rings. The Morgan fingerprint density at radius 3 is 2.64 bits per heavy atom. The summed E-state index contributed by atoms with van der Waals surface area (Å²) < 4.78 is 0. The smallest absolute Gasteiger partial charge is 0.335 e. The molecule has 4 nitrogen and oxygen atoms in total. The Morgan fingerprint density at radius 2 is 2.27 bits per heavy atom. The number of carboxylic acids is 1. The molecule has 1 aliphatic heterocycles. The summed E-state index contributed by atoms with van der Waals surface area (Å²) in [5, 5.41) is 16.1. The molecule has 0 saturated heterocycles. The van der Waals surface area contributed by atoms with Crippen molar-refractivity contribution >= 4 is 5.97 Å². The van der Waals surface area contributed by atoms with Crippen molar-refractivity contribution in [3.05, 3.63) is 11.3 Å². The van der Waals surface area contributed by atoms with Crippen LogP contribution in [0.2, 0.25) is 0 Å². The van der Waals surface area contributed by atoms with Gasteiger partial charge in [0.25, 0.3) is 0 Å². The zero-order valence-corrected chi connectivity index (χ0v) is 6.53. The fourth-order valence-electron chi connectivity index (χ4n) is 0.965. The summed E-state index contributed by atoms with van der Waals surface area (Å²) in [7, 11) is 0. The van der Waals surface area contributed by atoms with Crippen molar-refractivity contribution in [1.29, 1.82) is 0 Å². The maximum atomic E-state index is 10.5. The topological polar surface area (TPSA) is 62.0 Å². The molecule has 0 aliphatic carbocycles. The van der Waals surface area contributed by atoms with Gasteiger partial charge in [-0.15, -0.1) is 0 Å². The molecule has 11 heavy (non-hydrogen) atoms. The van der Waals surface area contributed by atoms with Crippen LogP contribution >= 0.6 is 0 Å².